The number of hydrogen-bond donors (Lipinski definition) is 3. The van der Waals surface area contributed by atoms with Gasteiger partial charge in [-0.05, 0) is 32.9 Å². The summed E-state index contributed by atoms with van der Waals surface area (Å²) in [6.07, 6.45) is -3.73. The maximum Gasteiger partial charge on any atom is 0.459 e. The number of nitrogens with zero attached hydrogens (tertiary/aromatic N) is 1. The SMILES string of the molecule is COC1[C@@H](COP(=O)(N[C@@H](C)C(=O)OC(C)C)Oc2ccccc2)O[C@@H](n2ccc(=O)[nH]c2=O)[C@H]1O. The van der Waals surface area contributed by atoms with E-state index in [1.54, 1.807) is 44.2 Å². The minimum atomic E-state index is -4.20. The number of nitrogens with one attached hydrogen (secondary N) is 2. The number of H-pyrrole nitrogens is 1. The summed E-state index contributed by atoms with van der Waals surface area (Å²) in [4.78, 5) is 37.9. The lowest BCUT2D eigenvalue weighted by molar-refractivity contribution is -0.149. The fourth-order valence-electron chi connectivity index (χ4n) is 3.51. The topological polar surface area (TPSA) is 167 Å². The van der Waals surface area contributed by atoms with Gasteiger partial charge in [0.1, 0.15) is 30.1 Å². The standard InChI is InChI=1S/C22H30N3O10P/c1-13(2)33-21(28)14(3)24-36(30,35-15-8-6-5-7-9-15)32-12-16-19(31-4)18(27)20(34-16)25-11-10-17(26)23-22(25)29/h5-11,13-14,16,18-20,27H,12H2,1-4H3,(H,24,30)(H,23,26,29)/t14-,16+,18-,19?,20+,36?/m0/s1. The number of carbonyl (C=O) groups is 1. The summed E-state index contributed by atoms with van der Waals surface area (Å²) in [6.45, 7) is 4.40. The van der Waals surface area contributed by atoms with Gasteiger partial charge in [0, 0.05) is 19.4 Å². The van der Waals surface area contributed by atoms with Crippen molar-refractivity contribution < 1.29 is 37.7 Å². The van der Waals surface area contributed by atoms with Crippen LogP contribution in [-0.4, -0.2) is 64.8 Å². The number of benzene rings is 1. The van der Waals surface area contributed by atoms with Crippen molar-refractivity contribution in [3.8, 4) is 5.75 Å². The minimum absolute atomic E-state index is 0.214. The zero-order valence-corrected chi connectivity index (χ0v) is 21.1. The highest BCUT2D eigenvalue weighted by atomic mass is 31.2. The lowest BCUT2D eigenvalue weighted by Gasteiger charge is -2.25. The number of methoxy groups -OCH3 is 1. The molecule has 1 aromatic carbocycles. The Bertz CT molecular complexity index is 1180. The van der Waals surface area contributed by atoms with E-state index in [1.165, 1.54) is 20.2 Å². The number of para-hydroxylation sites is 1. The van der Waals surface area contributed by atoms with Gasteiger partial charge in [-0.25, -0.2) is 9.36 Å². The molecule has 0 bridgehead atoms. The van der Waals surface area contributed by atoms with Crippen LogP contribution in [0.2, 0.25) is 0 Å². The van der Waals surface area contributed by atoms with E-state index in [4.69, 9.17) is 23.3 Å². The molecule has 2 heterocycles. The van der Waals surface area contributed by atoms with E-state index in [2.05, 4.69) is 10.1 Å². The summed E-state index contributed by atoms with van der Waals surface area (Å²) in [6, 6.07) is 8.24. The Morgan fingerprint density at radius 1 is 1.22 bits per heavy atom. The molecular weight excluding hydrogens is 497 g/mol. The third-order valence-electron chi connectivity index (χ3n) is 5.14. The van der Waals surface area contributed by atoms with E-state index in [1.807, 2.05) is 0 Å². The average molecular weight is 527 g/mol. The molecule has 1 aliphatic heterocycles. The Morgan fingerprint density at radius 2 is 1.92 bits per heavy atom. The Kier molecular flexibility index (Phi) is 9.23. The van der Waals surface area contributed by atoms with Gasteiger partial charge < -0.3 is 23.8 Å². The molecule has 36 heavy (non-hydrogen) atoms. The van der Waals surface area contributed by atoms with Gasteiger partial charge >= 0.3 is 19.4 Å². The zero-order valence-electron chi connectivity index (χ0n) is 20.2. The highest BCUT2D eigenvalue weighted by Crippen LogP contribution is 2.46. The lowest BCUT2D eigenvalue weighted by atomic mass is 10.1. The molecule has 0 amide bonds. The molecule has 0 spiro atoms. The summed E-state index contributed by atoms with van der Waals surface area (Å²) < 4.78 is 42.1. The largest absolute Gasteiger partial charge is 0.462 e. The Hall–Kier alpha value is -2.80. The number of aliphatic hydroxyl groups excluding tert-OH is 1. The Morgan fingerprint density at radius 3 is 2.53 bits per heavy atom. The molecule has 1 aromatic heterocycles. The molecule has 14 heteroatoms. The van der Waals surface area contributed by atoms with Crippen molar-refractivity contribution in [3.63, 3.8) is 0 Å². The highest BCUT2D eigenvalue weighted by molar-refractivity contribution is 7.52. The molecule has 3 N–H and O–H groups in total. The smallest absolute Gasteiger partial charge is 0.459 e. The number of esters is 1. The van der Waals surface area contributed by atoms with Gasteiger partial charge in [0.15, 0.2) is 6.23 Å². The van der Waals surface area contributed by atoms with Crippen molar-refractivity contribution in [2.24, 2.45) is 0 Å². The van der Waals surface area contributed by atoms with Crippen molar-refractivity contribution in [2.75, 3.05) is 13.7 Å². The monoisotopic (exact) mass is 527 g/mol. The van der Waals surface area contributed by atoms with E-state index >= 15 is 0 Å². The second kappa shape index (κ2) is 12.0. The maximum absolute atomic E-state index is 13.6. The van der Waals surface area contributed by atoms with Crippen LogP contribution in [0, 0.1) is 0 Å². The molecule has 1 fully saturated rings. The van der Waals surface area contributed by atoms with Gasteiger partial charge in [-0.3, -0.25) is 23.7 Å². The second-order valence-electron chi connectivity index (χ2n) is 8.31. The molecule has 198 valence electrons. The first-order valence-corrected chi connectivity index (χ1v) is 12.7. The van der Waals surface area contributed by atoms with Crippen molar-refractivity contribution in [3.05, 3.63) is 63.4 Å². The molecule has 0 saturated carbocycles. The van der Waals surface area contributed by atoms with Crippen molar-refractivity contribution in [1.29, 1.82) is 0 Å². The first-order valence-electron chi connectivity index (χ1n) is 11.2. The van der Waals surface area contributed by atoms with Gasteiger partial charge in [-0.2, -0.15) is 5.09 Å². The lowest BCUT2D eigenvalue weighted by Crippen LogP contribution is -2.39. The molecule has 6 atom stereocenters. The number of aliphatic hydroxyl groups is 1. The Labute approximate surface area is 206 Å². The van der Waals surface area contributed by atoms with Crippen LogP contribution in [0.1, 0.15) is 27.0 Å². The number of carbonyl (C=O) groups excluding carboxylic acids is 1. The number of hydrogen-bond acceptors (Lipinski definition) is 10. The third kappa shape index (κ3) is 6.90. The van der Waals surface area contributed by atoms with Crippen molar-refractivity contribution in [2.45, 2.75) is 57.5 Å². The summed E-state index contributed by atoms with van der Waals surface area (Å²) in [5, 5.41) is 13.3. The number of aromatic nitrogens is 2. The Balaban J connectivity index is 1.79. The molecule has 3 rings (SSSR count). The van der Waals surface area contributed by atoms with E-state index in [0.29, 0.717) is 0 Å². The van der Waals surface area contributed by atoms with E-state index < -0.39 is 62.2 Å². The van der Waals surface area contributed by atoms with Crippen LogP contribution in [0.15, 0.2) is 52.2 Å². The van der Waals surface area contributed by atoms with Crippen molar-refractivity contribution in [1.82, 2.24) is 14.6 Å². The normalized spacial score (nSPS) is 24.3. The maximum atomic E-state index is 13.6. The number of aromatic amines is 1. The predicted molar refractivity (Wildman–Crippen MR) is 126 cm³/mol. The first kappa shape index (κ1) is 27.8. The summed E-state index contributed by atoms with van der Waals surface area (Å²) in [5.74, 6) is -0.448. The van der Waals surface area contributed by atoms with Crippen LogP contribution in [0.4, 0.5) is 0 Å². The summed E-state index contributed by atoms with van der Waals surface area (Å²) in [5.41, 5.74) is -1.40. The molecule has 1 saturated heterocycles. The van der Waals surface area contributed by atoms with Crippen LogP contribution < -0.4 is 20.9 Å². The third-order valence-corrected chi connectivity index (χ3v) is 6.79. The van der Waals surface area contributed by atoms with Crippen molar-refractivity contribution >= 4 is 13.7 Å². The minimum Gasteiger partial charge on any atom is -0.462 e. The van der Waals surface area contributed by atoms with Crippen LogP contribution >= 0.6 is 7.75 Å². The molecule has 2 aromatic rings. The fourth-order valence-corrected chi connectivity index (χ4v) is 5.01. The first-order chi connectivity index (χ1) is 17.0. The van der Waals surface area contributed by atoms with E-state index in [0.717, 1.165) is 10.6 Å². The van der Waals surface area contributed by atoms with Gasteiger partial charge in [-0.15, -0.1) is 0 Å². The van der Waals surface area contributed by atoms with Gasteiger partial charge in [-0.1, -0.05) is 18.2 Å². The molecule has 13 nitrogen and oxygen atoms in total. The predicted octanol–water partition coefficient (Wildman–Crippen LogP) is 0.943. The van der Waals surface area contributed by atoms with Gasteiger partial charge in [0.2, 0.25) is 0 Å². The number of ether oxygens (including phenoxy) is 3. The molecular formula is C22H30N3O10P. The number of rotatable bonds is 11. The molecule has 0 radical (unpaired) electrons. The van der Waals surface area contributed by atoms with E-state index in [9.17, 15) is 24.1 Å². The molecule has 1 aliphatic rings. The van der Waals surface area contributed by atoms with E-state index in [-0.39, 0.29) is 11.9 Å². The molecule has 2 unspecified atom stereocenters. The highest BCUT2D eigenvalue weighted by Gasteiger charge is 2.47. The molecule has 0 aliphatic carbocycles. The quantitative estimate of drug-likeness (QED) is 0.281. The van der Waals surface area contributed by atoms with Crippen LogP contribution in [-0.2, 0) is 28.1 Å². The van der Waals surface area contributed by atoms with Gasteiger partial charge in [0.25, 0.3) is 5.56 Å². The summed E-state index contributed by atoms with van der Waals surface area (Å²) >= 11 is 0. The second-order valence-corrected chi connectivity index (χ2v) is 10.0. The van der Waals surface area contributed by atoms with Gasteiger partial charge in [0.05, 0.1) is 12.7 Å². The average Bonchev–Trinajstić information content (AvgIpc) is 3.13. The summed E-state index contributed by atoms with van der Waals surface area (Å²) in [7, 11) is -2.87. The fraction of sp³-hybridized carbons (Fsp3) is 0.500. The van der Waals surface area contributed by atoms with Crippen LogP contribution in [0.25, 0.3) is 0 Å². The zero-order chi connectivity index (χ0) is 26.5. The van der Waals surface area contributed by atoms with Crippen LogP contribution in [0.3, 0.4) is 0 Å². The van der Waals surface area contributed by atoms with Crippen LogP contribution in [0.5, 0.6) is 5.75 Å².